The van der Waals surface area contributed by atoms with Gasteiger partial charge in [0.1, 0.15) is 0 Å². The van der Waals surface area contributed by atoms with Gasteiger partial charge >= 0.3 is 12.1 Å². The average molecular weight is 284 g/mol. The number of halogens is 3. The second-order valence-corrected chi connectivity index (χ2v) is 4.38. The summed E-state index contributed by atoms with van der Waals surface area (Å²) in [4.78, 5) is 22.2. The minimum atomic E-state index is -5.08. The molecule has 0 aromatic rings. The van der Waals surface area contributed by atoms with Crippen LogP contribution in [0.15, 0.2) is 0 Å². The first-order valence-corrected chi connectivity index (χ1v) is 5.60. The number of amides is 1. The lowest BCUT2D eigenvalue weighted by Gasteiger charge is -2.30. The van der Waals surface area contributed by atoms with Crippen molar-refractivity contribution < 1.29 is 32.6 Å². The first-order chi connectivity index (χ1) is 8.67. The molecule has 1 saturated heterocycles. The van der Waals surface area contributed by atoms with Crippen molar-refractivity contribution in [3.63, 3.8) is 0 Å². The van der Waals surface area contributed by atoms with E-state index in [1.54, 1.807) is 0 Å². The Morgan fingerprint density at radius 3 is 2.53 bits per heavy atom. The highest BCUT2D eigenvalue weighted by molar-refractivity contribution is 5.87. The molecule has 1 aliphatic heterocycles. The molecule has 0 aromatic heterocycles. The second kappa shape index (κ2) is 5.74. The molecule has 0 radical (unpaired) electrons. The van der Waals surface area contributed by atoms with Gasteiger partial charge in [0.2, 0.25) is 11.4 Å². The van der Waals surface area contributed by atoms with Gasteiger partial charge in [-0.1, -0.05) is 0 Å². The van der Waals surface area contributed by atoms with Gasteiger partial charge in [-0.15, -0.1) is 0 Å². The summed E-state index contributed by atoms with van der Waals surface area (Å²) >= 11 is 0. The van der Waals surface area contributed by atoms with Crippen LogP contribution in [-0.2, 0) is 14.3 Å². The second-order valence-electron chi connectivity index (χ2n) is 4.38. The fraction of sp³-hybridized carbons (Fsp3) is 0.800. The Labute approximate surface area is 107 Å². The number of carbonyl (C=O) groups is 2. The Morgan fingerprint density at radius 1 is 1.47 bits per heavy atom. The molecule has 0 aromatic carbocycles. The average Bonchev–Trinajstić information content (AvgIpc) is 2.28. The van der Waals surface area contributed by atoms with E-state index >= 15 is 0 Å². The number of hydrogen-bond acceptors (Lipinski definition) is 4. The fourth-order valence-electron chi connectivity index (χ4n) is 1.53. The summed E-state index contributed by atoms with van der Waals surface area (Å²) in [5.41, 5.74) is -3.30. The van der Waals surface area contributed by atoms with Crippen LogP contribution in [0.1, 0.15) is 13.3 Å². The molecule has 1 aliphatic rings. The zero-order valence-electron chi connectivity index (χ0n) is 10.2. The molecule has 0 aliphatic carbocycles. The van der Waals surface area contributed by atoms with Crippen LogP contribution in [0.25, 0.3) is 0 Å². The van der Waals surface area contributed by atoms with E-state index in [1.807, 2.05) is 0 Å². The van der Waals surface area contributed by atoms with Crippen molar-refractivity contribution >= 4 is 11.9 Å². The van der Waals surface area contributed by atoms with E-state index in [2.05, 4.69) is 5.32 Å². The first kappa shape index (κ1) is 15.7. The maximum absolute atomic E-state index is 12.7. The Kier molecular flexibility index (Phi) is 4.75. The van der Waals surface area contributed by atoms with Crippen LogP contribution in [-0.4, -0.2) is 54.5 Å². The number of carboxylic acid groups (broad SMARTS) is 1. The highest BCUT2D eigenvalue weighted by Gasteiger charge is 2.58. The molecule has 2 atom stereocenters. The van der Waals surface area contributed by atoms with Crippen LogP contribution in [0.5, 0.6) is 0 Å². The lowest BCUT2D eigenvalue weighted by molar-refractivity contribution is -0.207. The zero-order chi connectivity index (χ0) is 14.7. The van der Waals surface area contributed by atoms with Crippen molar-refractivity contribution in [3.8, 4) is 0 Å². The van der Waals surface area contributed by atoms with Crippen LogP contribution in [0.2, 0.25) is 0 Å². The lowest BCUT2D eigenvalue weighted by Crippen LogP contribution is -2.62. The third kappa shape index (κ3) is 3.80. The maximum atomic E-state index is 12.7. The van der Waals surface area contributed by atoms with E-state index in [-0.39, 0.29) is 6.42 Å². The van der Waals surface area contributed by atoms with Crippen LogP contribution >= 0.6 is 0 Å². The number of aliphatic carboxylic acids is 1. The van der Waals surface area contributed by atoms with E-state index in [4.69, 9.17) is 9.84 Å². The van der Waals surface area contributed by atoms with E-state index in [0.717, 1.165) is 0 Å². The first-order valence-electron chi connectivity index (χ1n) is 5.60. The number of rotatable bonds is 4. The van der Waals surface area contributed by atoms with Crippen molar-refractivity contribution in [3.05, 3.63) is 0 Å². The normalized spacial score (nSPS) is 23.5. The molecular weight excluding hydrogens is 269 g/mol. The van der Waals surface area contributed by atoms with Gasteiger partial charge in [0.25, 0.3) is 0 Å². The monoisotopic (exact) mass is 284 g/mol. The molecule has 0 saturated carbocycles. The molecule has 9 heteroatoms. The van der Waals surface area contributed by atoms with Crippen molar-refractivity contribution in [1.29, 1.82) is 0 Å². The number of carbonyl (C=O) groups excluding carboxylic acids is 1. The topological polar surface area (TPSA) is 87.7 Å². The summed E-state index contributed by atoms with van der Waals surface area (Å²) in [6.45, 7) is 1.71. The smallest absolute Gasteiger partial charge is 0.422 e. The number of carboxylic acids is 1. The summed E-state index contributed by atoms with van der Waals surface area (Å²) in [5.74, 6) is -3.17. The highest BCUT2D eigenvalue weighted by atomic mass is 19.4. The number of ether oxygens (including phenoxy) is 1. The molecule has 1 fully saturated rings. The molecule has 1 heterocycles. The van der Waals surface area contributed by atoms with Crippen LogP contribution in [0, 0.1) is 0 Å². The minimum absolute atomic E-state index is 0.327. The molecule has 0 spiro atoms. The number of morpholine rings is 1. The van der Waals surface area contributed by atoms with Gasteiger partial charge in [0.05, 0.1) is 19.1 Å². The van der Waals surface area contributed by atoms with Crippen molar-refractivity contribution in [1.82, 2.24) is 10.6 Å². The molecule has 6 nitrogen and oxygen atoms in total. The van der Waals surface area contributed by atoms with Gasteiger partial charge in [-0.2, -0.15) is 13.2 Å². The Hall–Kier alpha value is -1.35. The van der Waals surface area contributed by atoms with Gasteiger partial charge < -0.3 is 20.5 Å². The Balaban J connectivity index is 2.64. The standard InChI is InChI=1S/C10H15F3N2O4/c1-9(8(17)18,10(11,12)13)15-7(16)4-6-5-14-2-3-19-6/h6,14H,2-5H2,1H3,(H,15,16)(H,17,18). The van der Waals surface area contributed by atoms with Gasteiger partial charge in [0.15, 0.2) is 0 Å². The predicted octanol–water partition coefficient (Wildman–Crippen LogP) is -0.113. The highest BCUT2D eigenvalue weighted by Crippen LogP contribution is 2.30. The molecule has 110 valence electrons. The number of alkyl halides is 3. The van der Waals surface area contributed by atoms with Gasteiger partial charge in [0, 0.05) is 13.1 Å². The third-order valence-electron chi connectivity index (χ3n) is 2.80. The summed E-state index contributed by atoms with van der Waals surface area (Å²) in [6, 6.07) is 0. The molecule has 2 unspecified atom stereocenters. The molecule has 19 heavy (non-hydrogen) atoms. The quantitative estimate of drug-likeness (QED) is 0.670. The van der Waals surface area contributed by atoms with E-state index in [9.17, 15) is 22.8 Å². The molecule has 1 amide bonds. The van der Waals surface area contributed by atoms with Crippen LogP contribution in [0.3, 0.4) is 0 Å². The van der Waals surface area contributed by atoms with Crippen LogP contribution in [0.4, 0.5) is 13.2 Å². The van der Waals surface area contributed by atoms with E-state index in [1.165, 1.54) is 5.32 Å². The van der Waals surface area contributed by atoms with Crippen molar-refractivity contribution in [2.24, 2.45) is 0 Å². The fourth-order valence-corrected chi connectivity index (χ4v) is 1.53. The summed E-state index contributed by atoms with van der Waals surface area (Å²) in [6.07, 6.45) is -5.97. The molecular formula is C10H15F3N2O4. The predicted molar refractivity (Wildman–Crippen MR) is 57.5 cm³/mol. The van der Waals surface area contributed by atoms with Gasteiger partial charge in [-0.25, -0.2) is 4.79 Å². The third-order valence-corrected chi connectivity index (χ3v) is 2.80. The molecule has 0 bridgehead atoms. The summed E-state index contributed by atoms with van der Waals surface area (Å²) in [7, 11) is 0. The molecule has 3 N–H and O–H groups in total. The SMILES string of the molecule is CC(NC(=O)CC1CNCCO1)(C(=O)O)C(F)(F)F. The zero-order valence-corrected chi connectivity index (χ0v) is 10.2. The number of hydrogen-bond donors (Lipinski definition) is 3. The van der Waals surface area contributed by atoms with Crippen LogP contribution < -0.4 is 10.6 Å². The van der Waals surface area contributed by atoms with Gasteiger partial charge in [-0.05, 0) is 6.92 Å². The Morgan fingerprint density at radius 2 is 2.11 bits per heavy atom. The van der Waals surface area contributed by atoms with Crippen molar-refractivity contribution in [2.45, 2.75) is 31.2 Å². The number of nitrogens with one attached hydrogen (secondary N) is 2. The maximum Gasteiger partial charge on any atom is 0.422 e. The summed E-state index contributed by atoms with van der Waals surface area (Å²) < 4.78 is 43.1. The van der Waals surface area contributed by atoms with E-state index < -0.39 is 29.7 Å². The Bertz CT molecular complexity index is 355. The van der Waals surface area contributed by atoms with Gasteiger partial charge in [-0.3, -0.25) is 4.79 Å². The van der Waals surface area contributed by atoms with Crippen molar-refractivity contribution in [2.75, 3.05) is 19.7 Å². The lowest BCUT2D eigenvalue weighted by atomic mass is 10.0. The van der Waals surface area contributed by atoms with E-state index in [0.29, 0.717) is 26.6 Å². The largest absolute Gasteiger partial charge is 0.479 e. The molecule has 1 rings (SSSR count). The summed E-state index contributed by atoms with van der Waals surface area (Å²) in [5, 5.41) is 13.1. The minimum Gasteiger partial charge on any atom is -0.479 e.